The molecule has 2 amide bonds. The van der Waals surface area contributed by atoms with Gasteiger partial charge in [-0.15, -0.1) is 0 Å². The third kappa shape index (κ3) is 5.28. The quantitative estimate of drug-likeness (QED) is 0.741. The predicted molar refractivity (Wildman–Crippen MR) is 58.7 cm³/mol. The van der Waals surface area contributed by atoms with Gasteiger partial charge in [-0.1, -0.05) is 12.8 Å². The monoisotopic (exact) mass is 252 g/mol. The second kappa shape index (κ2) is 6.12. The number of hydrogen-bond donors (Lipinski definition) is 0. The Balaban J connectivity index is 2.39. The van der Waals surface area contributed by atoms with Gasteiger partial charge in [0.25, 0.3) is 0 Å². The molecule has 0 bridgehead atoms. The van der Waals surface area contributed by atoms with Crippen LogP contribution in [0.4, 0.5) is 18.0 Å². The maximum atomic E-state index is 12.0. The smallest absolute Gasteiger partial charge is 0.327 e. The second-order valence-electron chi connectivity index (χ2n) is 4.47. The molecule has 0 unspecified atom stereocenters. The molecule has 0 spiro atoms. The first-order valence-corrected chi connectivity index (χ1v) is 5.97. The minimum Gasteiger partial charge on any atom is -0.327 e. The van der Waals surface area contributed by atoms with E-state index in [1.165, 1.54) is 11.9 Å². The molecule has 1 aliphatic rings. The molecule has 1 saturated heterocycles. The predicted octanol–water partition coefficient (Wildman–Crippen LogP) is 2.87. The molecule has 1 heterocycles. The van der Waals surface area contributed by atoms with E-state index in [0.29, 0.717) is 13.1 Å². The van der Waals surface area contributed by atoms with Crippen molar-refractivity contribution in [3.8, 4) is 0 Å². The third-order valence-corrected chi connectivity index (χ3v) is 2.93. The molecule has 17 heavy (non-hydrogen) atoms. The molecular weight excluding hydrogens is 233 g/mol. The first kappa shape index (κ1) is 14.1. The summed E-state index contributed by atoms with van der Waals surface area (Å²) in [5, 5.41) is 0. The zero-order valence-corrected chi connectivity index (χ0v) is 10.1. The van der Waals surface area contributed by atoms with Crippen LogP contribution in [0.1, 0.15) is 32.1 Å². The van der Waals surface area contributed by atoms with Crippen LogP contribution in [0.5, 0.6) is 0 Å². The molecule has 0 aromatic heterocycles. The summed E-state index contributed by atoms with van der Waals surface area (Å²) in [7, 11) is 1.43. The van der Waals surface area contributed by atoms with Gasteiger partial charge in [0, 0.05) is 26.7 Å². The summed E-state index contributed by atoms with van der Waals surface area (Å²) < 4.78 is 36.1. The van der Waals surface area contributed by atoms with Crippen LogP contribution in [0.25, 0.3) is 0 Å². The van der Waals surface area contributed by atoms with E-state index in [-0.39, 0.29) is 12.6 Å². The molecule has 1 fully saturated rings. The van der Waals surface area contributed by atoms with E-state index in [0.717, 1.165) is 25.7 Å². The molecule has 0 aromatic rings. The number of nitrogens with zero attached hydrogens (tertiary/aromatic N) is 2. The maximum Gasteiger partial charge on any atom is 0.390 e. The average molecular weight is 252 g/mol. The standard InChI is InChI=1S/C11H19F3N2O/c1-15(9-6-11(12,13)14)10(17)16-7-4-2-3-5-8-16/h2-9H2,1H3. The first-order chi connectivity index (χ1) is 7.90. The number of likely N-dealkylation sites (tertiary alicyclic amines) is 1. The van der Waals surface area contributed by atoms with E-state index in [9.17, 15) is 18.0 Å². The van der Waals surface area contributed by atoms with Crippen molar-refractivity contribution in [2.24, 2.45) is 0 Å². The zero-order chi connectivity index (χ0) is 12.9. The highest BCUT2D eigenvalue weighted by molar-refractivity contribution is 5.74. The molecule has 0 radical (unpaired) electrons. The first-order valence-electron chi connectivity index (χ1n) is 5.97. The largest absolute Gasteiger partial charge is 0.390 e. The van der Waals surface area contributed by atoms with Gasteiger partial charge >= 0.3 is 12.2 Å². The minimum absolute atomic E-state index is 0.265. The van der Waals surface area contributed by atoms with E-state index >= 15 is 0 Å². The number of amides is 2. The molecule has 0 atom stereocenters. The summed E-state index contributed by atoms with van der Waals surface area (Å²) in [4.78, 5) is 14.7. The van der Waals surface area contributed by atoms with Gasteiger partial charge in [0.1, 0.15) is 0 Å². The third-order valence-electron chi connectivity index (χ3n) is 2.93. The fourth-order valence-electron chi connectivity index (χ4n) is 1.89. The van der Waals surface area contributed by atoms with Crippen LogP contribution in [0.15, 0.2) is 0 Å². The van der Waals surface area contributed by atoms with E-state index < -0.39 is 12.6 Å². The van der Waals surface area contributed by atoms with Gasteiger partial charge in [-0.25, -0.2) is 4.79 Å². The molecular formula is C11H19F3N2O. The van der Waals surface area contributed by atoms with Crippen molar-refractivity contribution in [1.82, 2.24) is 9.80 Å². The number of halogens is 3. The highest BCUT2D eigenvalue weighted by Gasteiger charge is 2.29. The lowest BCUT2D eigenvalue weighted by atomic mass is 10.2. The number of carbonyl (C=O) groups excluding carboxylic acids is 1. The summed E-state index contributed by atoms with van der Waals surface area (Å²) in [6.07, 6.45) is -1.07. The normalized spacial score (nSPS) is 17.8. The van der Waals surface area contributed by atoms with Crippen LogP contribution in [-0.4, -0.2) is 48.7 Å². The molecule has 6 heteroatoms. The summed E-state index contributed by atoms with van der Waals surface area (Å²) in [5.41, 5.74) is 0. The van der Waals surface area contributed by atoms with Crippen LogP contribution < -0.4 is 0 Å². The average Bonchev–Trinajstić information content (AvgIpc) is 2.52. The Hall–Kier alpha value is -0.940. The van der Waals surface area contributed by atoms with Gasteiger partial charge in [-0.3, -0.25) is 0 Å². The Morgan fingerprint density at radius 1 is 1.18 bits per heavy atom. The van der Waals surface area contributed by atoms with Crippen LogP contribution in [0, 0.1) is 0 Å². The van der Waals surface area contributed by atoms with Crippen LogP contribution in [-0.2, 0) is 0 Å². The summed E-state index contributed by atoms with van der Waals surface area (Å²) >= 11 is 0. The van der Waals surface area contributed by atoms with E-state index in [4.69, 9.17) is 0 Å². The van der Waals surface area contributed by atoms with Crippen molar-refractivity contribution in [2.75, 3.05) is 26.7 Å². The van der Waals surface area contributed by atoms with E-state index in [1.54, 1.807) is 4.90 Å². The number of alkyl halides is 3. The molecule has 0 saturated carbocycles. The number of rotatable bonds is 2. The Morgan fingerprint density at radius 3 is 2.18 bits per heavy atom. The number of carbonyl (C=O) groups is 1. The Morgan fingerprint density at radius 2 is 1.71 bits per heavy atom. The molecule has 1 aliphatic heterocycles. The van der Waals surface area contributed by atoms with Gasteiger partial charge < -0.3 is 9.80 Å². The molecule has 3 nitrogen and oxygen atoms in total. The highest BCUT2D eigenvalue weighted by atomic mass is 19.4. The Bertz CT molecular complexity index is 248. The van der Waals surface area contributed by atoms with Crippen molar-refractivity contribution in [3.05, 3.63) is 0 Å². The lowest BCUT2D eigenvalue weighted by molar-refractivity contribution is -0.136. The summed E-state index contributed by atoms with van der Waals surface area (Å²) in [6, 6.07) is -0.281. The molecule has 100 valence electrons. The lowest BCUT2D eigenvalue weighted by Crippen LogP contribution is -2.42. The SMILES string of the molecule is CN(CCC(F)(F)F)C(=O)N1CCCCCC1. The second-order valence-corrected chi connectivity index (χ2v) is 4.47. The van der Waals surface area contributed by atoms with Crippen LogP contribution in [0.3, 0.4) is 0 Å². The fraction of sp³-hybridized carbons (Fsp3) is 0.909. The van der Waals surface area contributed by atoms with Crippen molar-refractivity contribution in [1.29, 1.82) is 0 Å². The molecule has 0 aromatic carbocycles. The van der Waals surface area contributed by atoms with Crippen LogP contribution in [0.2, 0.25) is 0 Å². The lowest BCUT2D eigenvalue weighted by Gasteiger charge is -2.27. The maximum absolute atomic E-state index is 12.0. The van der Waals surface area contributed by atoms with Gasteiger partial charge in [0.2, 0.25) is 0 Å². The Kier molecular flexibility index (Phi) is 5.08. The van der Waals surface area contributed by atoms with E-state index in [1.807, 2.05) is 0 Å². The Labute approximate surface area is 99.6 Å². The van der Waals surface area contributed by atoms with Gasteiger partial charge in [-0.2, -0.15) is 13.2 Å². The van der Waals surface area contributed by atoms with Crippen molar-refractivity contribution in [2.45, 2.75) is 38.3 Å². The van der Waals surface area contributed by atoms with Gasteiger partial charge in [0.05, 0.1) is 6.42 Å². The highest BCUT2D eigenvalue weighted by Crippen LogP contribution is 2.20. The van der Waals surface area contributed by atoms with Crippen molar-refractivity contribution < 1.29 is 18.0 Å². The fourth-order valence-corrected chi connectivity index (χ4v) is 1.89. The number of hydrogen-bond acceptors (Lipinski definition) is 1. The topological polar surface area (TPSA) is 23.6 Å². The minimum atomic E-state index is -4.20. The molecule has 0 aliphatic carbocycles. The van der Waals surface area contributed by atoms with Gasteiger partial charge in [0.15, 0.2) is 0 Å². The molecule has 0 N–H and O–H groups in total. The zero-order valence-electron chi connectivity index (χ0n) is 10.1. The van der Waals surface area contributed by atoms with Crippen LogP contribution >= 0.6 is 0 Å². The van der Waals surface area contributed by atoms with E-state index in [2.05, 4.69) is 0 Å². The van der Waals surface area contributed by atoms with Crippen molar-refractivity contribution >= 4 is 6.03 Å². The summed E-state index contributed by atoms with van der Waals surface area (Å²) in [6.45, 7) is 1.06. The molecule has 1 rings (SSSR count). The van der Waals surface area contributed by atoms with Crippen molar-refractivity contribution in [3.63, 3.8) is 0 Å². The summed E-state index contributed by atoms with van der Waals surface area (Å²) in [5.74, 6) is 0. The number of urea groups is 1. The van der Waals surface area contributed by atoms with Gasteiger partial charge in [-0.05, 0) is 12.8 Å².